The molecular formula is C23H25N3O2S. The molecule has 5 nitrogen and oxygen atoms in total. The number of hydrogen-bond acceptors (Lipinski definition) is 4. The highest BCUT2D eigenvalue weighted by Gasteiger charge is 2.28. The number of allylic oxidation sites excluding steroid dienone is 4. The van der Waals surface area contributed by atoms with Gasteiger partial charge in [-0.05, 0) is 55.2 Å². The lowest BCUT2D eigenvalue weighted by molar-refractivity contribution is -0.115. The number of nitrogens with zero attached hydrogens (tertiary/aromatic N) is 2. The predicted octanol–water partition coefficient (Wildman–Crippen LogP) is 3.57. The number of hydrogen-bond donors (Lipinski definition) is 1. The highest BCUT2D eigenvalue weighted by molar-refractivity contribution is 7.85. The molecule has 1 aromatic rings. The SMILES string of the molecule is C=C(C)C(=O)N(CC1=C/C(=N/C(N)=C\C)C(=C)C=C1)c1cccc2c1S(=O)CC2. The fourth-order valence-electron chi connectivity index (χ4n) is 3.24. The number of aryl methyl sites for hydroxylation is 1. The minimum Gasteiger partial charge on any atom is -0.384 e. The number of rotatable bonds is 5. The van der Waals surface area contributed by atoms with E-state index < -0.39 is 10.8 Å². The molecule has 0 radical (unpaired) electrons. The normalized spacial score (nSPS) is 19.9. The molecule has 6 heteroatoms. The molecule has 0 saturated heterocycles. The molecule has 150 valence electrons. The minimum absolute atomic E-state index is 0.201. The Morgan fingerprint density at radius 3 is 2.83 bits per heavy atom. The van der Waals surface area contributed by atoms with Gasteiger partial charge in [-0.3, -0.25) is 9.00 Å². The van der Waals surface area contributed by atoms with Crippen LogP contribution in [-0.4, -0.2) is 28.1 Å². The maximum Gasteiger partial charge on any atom is 0.253 e. The van der Waals surface area contributed by atoms with Crippen molar-refractivity contribution in [1.82, 2.24) is 0 Å². The number of fused-ring (bicyclic) bond motifs is 1. The van der Waals surface area contributed by atoms with Crippen molar-refractivity contribution in [3.63, 3.8) is 0 Å². The van der Waals surface area contributed by atoms with Crippen LogP contribution < -0.4 is 10.6 Å². The second kappa shape index (κ2) is 8.57. The smallest absolute Gasteiger partial charge is 0.253 e. The van der Waals surface area contributed by atoms with Gasteiger partial charge in [-0.15, -0.1) is 0 Å². The van der Waals surface area contributed by atoms with Crippen LogP contribution in [0, 0.1) is 0 Å². The Hall–Kier alpha value is -2.99. The first-order valence-corrected chi connectivity index (χ1v) is 10.7. The van der Waals surface area contributed by atoms with Crippen LogP contribution in [0.3, 0.4) is 0 Å². The van der Waals surface area contributed by atoms with Gasteiger partial charge in [0.2, 0.25) is 0 Å². The number of benzene rings is 1. The molecule has 1 heterocycles. The number of anilines is 1. The summed E-state index contributed by atoms with van der Waals surface area (Å²) in [5.74, 6) is 0.786. The van der Waals surface area contributed by atoms with Crippen LogP contribution in [0.4, 0.5) is 5.69 Å². The zero-order valence-electron chi connectivity index (χ0n) is 16.8. The third-order valence-corrected chi connectivity index (χ3v) is 6.30. The fourth-order valence-corrected chi connectivity index (χ4v) is 4.73. The van der Waals surface area contributed by atoms with Crippen molar-refractivity contribution in [2.24, 2.45) is 10.7 Å². The van der Waals surface area contributed by atoms with Crippen LogP contribution >= 0.6 is 0 Å². The van der Waals surface area contributed by atoms with Crippen molar-refractivity contribution in [2.45, 2.75) is 25.2 Å². The van der Waals surface area contributed by atoms with E-state index in [4.69, 9.17) is 5.73 Å². The second-order valence-electron chi connectivity index (χ2n) is 7.03. The van der Waals surface area contributed by atoms with Gasteiger partial charge in [0, 0.05) is 11.3 Å². The molecule has 2 aliphatic rings. The Morgan fingerprint density at radius 1 is 1.38 bits per heavy atom. The molecule has 0 fully saturated rings. The zero-order valence-corrected chi connectivity index (χ0v) is 17.6. The first-order valence-electron chi connectivity index (χ1n) is 9.38. The summed E-state index contributed by atoms with van der Waals surface area (Å²) in [5.41, 5.74) is 10.2. The number of carbonyl (C=O) groups is 1. The van der Waals surface area contributed by atoms with Crippen LogP contribution in [0.2, 0.25) is 0 Å². The van der Waals surface area contributed by atoms with Crippen LogP contribution in [0.25, 0.3) is 0 Å². The van der Waals surface area contributed by atoms with Gasteiger partial charge >= 0.3 is 0 Å². The average Bonchev–Trinajstić information content (AvgIpc) is 3.09. The van der Waals surface area contributed by atoms with Gasteiger partial charge < -0.3 is 10.6 Å². The Labute approximate surface area is 174 Å². The third-order valence-electron chi connectivity index (χ3n) is 4.80. The summed E-state index contributed by atoms with van der Waals surface area (Å²) in [6.07, 6.45) is 8.11. The Bertz CT molecular complexity index is 1040. The molecule has 29 heavy (non-hydrogen) atoms. The average molecular weight is 408 g/mol. The quantitative estimate of drug-likeness (QED) is 0.758. The van der Waals surface area contributed by atoms with Crippen molar-refractivity contribution in [3.8, 4) is 0 Å². The summed E-state index contributed by atoms with van der Waals surface area (Å²) in [6, 6.07) is 5.73. The zero-order chi connectivity index (χ0) is 21.1. The third kappa shape index (κ3) is 4.38. The van der Waals surface area contributed by atoms with Crippen molar-refractivity contribution >= 4 is 28.1 Å². The molecule has 1 aromatic carbocycles. The van der Waals surface area contributed by atoms with Crippen LogP contribution in [-0.2, 0) is 22.0 Å². The predicted molar refractivity (Wildman–Crippen MR) is 120 cm³/mol. The van der Waals surface area contributed by atoms with Gasteiger partial charge in [-0.25, -0.2) is 4.99 Å². The summed E-state index contributed by atoms with van der Waals surface area (Å²) in [5, 5.41) is 0. The number of nitrogens with two attached hydrogens (primary N) is 1. The molecule has 2 N–H and O–H groups in total. The minimum atomic E-state index is -1.11. The number of aliphatic imine (C=N–C) groups is 1. The summed E-state index contributed by atoms with van der Waals surface area (Å²) >= 11 is 0. The van der Waals surface area contributed by atoms with E-state index >= 15 is 0 Å². The molecular weight excluding hydrogens is 382 g/mol. The van der Waals surface area contributed by atoms with Crippen LogP contribution in [0.1, 0.15) is 19.4 Å². The molecule has 3 rings (SSSR count). The van der Waals surface area contributed by atoms with Gasteiger partial charge in [0.1, 0.15) is 5.82 Å². The van der Waals surface area contributed by atoms with Crippen molar-refractivity contribution in [2.75, 3.05) is 17.2 Å². The Morgan fingerprint density at radius 2 is 2.14 bits per heavy atom. The van der Waals surface area contributed by atoms with E-state index in [0.29, 0.717) is 35.1 Å². The highest BCUT2D eigenvalue weighted by Crippen LogP contribution is 2.34. The van der Waals surface area contributed by atoms with Gasteiger partial charge in [-0.2, -0.15) is 0 Å². The lowest BCUT2D eigenvalue weighted by Gasteiger charge is -2.26. The van der Waals surface area contributed by atoms with E-state index in [-0.39, 0.29) is 5.91 Å². The summed E-state index contributed by atoms with van der Waals surface area (Å²) in [6.45, 7) is 11.6. The maximum atomic E-state index is 13.0. The molecule has 0 aromatic heterocycles. The van der Waals surface area contributed by atoms with Crippen LogP contribution in [0.5, 0.6) is 0 Å². The number of carbonyl (C=O) groups excluding carboxylic acids is 1. The van der Waals surface area contributed by atoms with Gasteiger partial charge in [0.25, 0.3) is 5.91 Å². The number of amides is 1. The highest BCUT2D eigenvalue weighted by atomic mass is 32.2. The summed E-state index contributed by atoms with van der Waals surface area (Å²) < 4.78 is 12.6. The van der Waals surface area contributed by atoms with Gasteiger partial charge in [0.05, 0.1) is 33.6 Å². The monoisotopic (exact) mass is 407 g/mol. The summed E-state index contributed by atoms with van der Waals surface area (Å²) in [4.78, 5) is 19.8. The van der Waals surface area contributed by atoms with E-state index in [1.54, 1.807) is 17.9 Å². The van der Waals surface area contributed by atoms with E-state index in [1.807, 2.05) is 43.4 Å². The van der Waals surface area contributed by atoms with Crippen LogP contribution in [0.15, 0.2) is 88.1 Å². The lowest BCUT2D eigenvalue weighted by Crippen LogP contribution is -2.34. The van der Waals surface area contributed by atoms with Crippen molar-refractivity contribution in [3.05, 3.63) is 83.8 Å². The topological polar surface area (TPSA) is 75.8 Å². The molecule has 0 spiro atoms. The molecule has 1 aliphatic heterocycles. The Balaban J connectivity index is 2.03. The van der Waals surface area contributed by atoms with Crippen molar-refractivity contribution < 1.29 is 9.00 Å². The van der Waals surface area contributed by atoms with E-state index in [9.17, 15) is 9.00 Å². The van der Waals surface area contributed by atoms with Crippen molar-refractivity contribution in [1.29, 1.82) is 0 Å². The molecule has 0 bridgehead atoms. The molecule has 1 aliphatic carbocycles. The summed E-state index contributed by atoms with van der Waals surface area (Å²) in [7, 11) is -1.11. The lowest BCUT2D eigenvalue weighted by atomic mass is 10.0. The largest absolute Gasteiger partial charge is 0.384 e. The van der Waals surface area contributed by atoms with E-state index in [1.165, 1.54) is 0 Å². The van der Waals surface area contributed by atoms with Gasteiger partial charge in [0.15, 0.2) is 0 Å². The standard InChI is InChI=1S/C23H25N3O2S/c1-5-21(24)25-19-13-17(10-9-16(19)4)14-26(23(27)15(2)3)20-8-6-7-18-11-12-29(28)22(18)20/h5-10,13H,2,4,11-12,14,24H2,1,3H3/b21-5-,25-19-. The second-order valence-corrected chi connectivity index (χ2v) is 8.53. The molecule has 0 saturated carbocycles. The molecule has 1 unspecified atom stereocenters. The molecule has 1 amide bonds. The fraction of sp³-hybridized carbons (Fsp3) is 0.217. The molecule has 1 atom stereocenters. The first-order chi connectivity index (χ1) is 13.8. The van der Waals surface area contributed by atoms with E-state index in [2.05, 4.69) is 18.2 Å². The van der Waals surface area contributed by atoms with Gasteiger partial charge in [-0.1, -0.05) is 37.4 Å². The maximum absolute atomic E-state index is 13.0. The van der Waals surface area contributed by atoms with E-state index in [0.717, 1.165) is 28.0 Å². The first kappa shape index (κ1) is 20.7. The Kier molecular flexibility index (Phi) is 6.13.